The minimum atomic E-state index is -0.622. The summed E-state index contributed by atoms with van der Waals surface area (Å²) in [6.07, 6.45) is 0.410. The normalized spacial score (nSPS) is 25.6. The molecule has 2 heterocycles. The molecule has 7 heteroatoms. The Bertz CT molecular complexity index is 420. The van der Waals surface area contributed by atoms with Crippen molar-refractivity contribution in [1.82, 2.24) is 9.80 Å². The first-order valence-corrected chi connectivity index (χ1v) is 7.31. The Morgan fingerprint density at radius 3 is 2.76 bits per heavy atom. The molecule has 2 saturated heterocycles. The van der Waals surface area contributed by atoms with Gasteiger partial charge in [0.1, 0.15) is 5.60 Å². The van der Waals surface area contributed by atoms with Crippen molar-refractivity contribution in [2.75, 3.05) is 32.8 Å². The van der Waals surface area contributed by atoms with Gasteiger partial charge in [-0.25, -0.2) is 9.59 Å². The van der Waals surface area contributed by atoms with E-state index < -0.39 is 11.2 Å². The Morgan fingerprint density at radius 1 is 1.43 bits per heavy atom. The van der Waals surface area contributed by atoms with Crippen LogP contribution >= 0.6 is 0 Å². The van der Waals surface area contributed by atoms with Crippen molar-refractivity contribution in [2.45, 2.75) is 44.8 Å². The number of hydrogen-bond acceptors (Lipinski definition) is 5. The number of rotatable bonds is 3. The van der Waals surface area contributed by atoms with Crippen molar-refractivity contribution in [1.29, 1.82) is 0 Å². The Hall–Kier alpha value is -1.50. The number of amides is 2. The highest BCUT2D eigenvalue weighted by Crippen LogP contribution is 2.33. The van der Waals surface area contributed by atoms with Crippen LogP contribution in [0.3, 0.4) is 0 Å². The summed E-state index contributed by atoms with van der Waals surface area (Å²) >= 11 is 0. The van der Waals surface area contributed by atoms with Gasteiger partial charge in [0.2, 0.25) is 0 Å². The second kappa shape index (κ2) is 5.71. The highest BCUT2D eigenvalue weighted by molar-refractivity contribution is 5.72. The molecule has 1 N–H and O–H groups in total. The minimum absolute atomic E-state index is 0.0425. The third kappa shape index (κ3) is 3.78. The van der Waals surface area contributed by atoms with Crippen molar-refractivity contribution < 1.29 is 24.2 Å². The van der Waals surface area contributed by atoms with Gasteiger partial charge in [-0.3, -0.25) is 0 Å². The molecule has 0 aromatic heterocycles. The molecule has 0 aromatic carbocycles. The number of aliphatic hydroxyl groups excluding tert-OH is 1. The maximum absolute atomic E-state index is 12.1. The van der Waals surface area contributed by atoms with E-state index in [0.29, 0.717) is 39.0 Å². The molecule has 0 bridgehead atoms. The Morgan fingerprint density at radius 2 is 2.14 bits per heavy atom. The molecule has 2 aliphatic rings. The molecule has 7 nitrogen and oxygen atoms in total. The van der Waals surface area contributed by atoms with Gasteiger partial charge < -0.3 is 24.4 Å². The topological polar surface area (TPSA) is 79.3 Å². The van der Waals surface area contributed by atoms with Crippen LogP contribution in [0.2, 0.25) is 0 Å². The summed E-state index contributed by atoms with van der Waals surface area (Å²) in [7, 11) is 0. The zero-order valence-electron chi connectivity index (χ0n) is 12.9. The molecule has 21 heavy (non-hydrogen) atoms. The van der Waals surface area contributed by atoms with Gasteiger partial charge in [0.05, 0.1) is 13.1 Å². The smallest absolute Gasteiger partial charge is 0.410 e. The summed E-state index contributed by atoms with van der Waals surface area (Å²) < 4.78 is 10.8. The van der Waals surface area contributed by atoms with E-state index in [9.17, 15) is 9.59 Å². The molecule has 1 spiro atoms. The first-order chi connectivity index (χ1) is 9.75. The van der Waals surface area contributed by atoms with Crippen LogP contribution < -0.4 is 0 Å². The van der Waals surface area contributed by atoms with Gasteiger partial charge in [-0.1, -0.05) is 0 Å². The maximum atomic E-state index is 12.1. The van der Waals surface area contributed by atoms with Gasteiger partial charge >= 0.3 is 12.2 Å². The van der Waals surface area contributed by atoms with E-state index in [1.54, 1.807) is 9.80 Å². The molecule has 0 saturated carbocycles. The monoisotopic (exact) mass is 300 g/mol. The van der Waals surface area contributed by atoms with Crippen LogP contribution in [0, 0.1) is 0 Å². The Kier molecular flexibility index (Phi) is 4.32. The van der Waals surface area contributed by atoms with Crippen LogP contribution in [0.1, 0.15) is 33.6 Å². The maximum Gasteiger partial charge on any atom is 0.410 e. The van der Waals surface area contributed by atoms with Gasteiger partial charge in [0, 0.05) is 26.1 Å². The molecule has 1 atom stereocenters. The first kappa shape index (κ1) is 15.9. The molecule has 0 radical (unpaired) electrons. The number of hydrogen-bond donors (Lipinski definition) is 1. The zero-order chi connectivity index (χ0) is 15.7. The quantitative estimate of drug-likeness (QED) is 0.847. The van der Waals surface area contributed by atoms with Gasteiger partial charge in [-0.15, -0.1) is 0 Å². The second-order valence-corrected chi connectivity index (χ2v) is 6.70. The fraction of sp³-hybridized carbons (Fsp3) is 0.857. The average Bonchev–Trinajstić information content (AvgIpc) is 2.89. The van der Waals surface area contributed by atoms with Crippen LogP contribution in [0.25, 0.3) is 0 Å². The number of nitrogens with zero attached hydrogens (tertiary/aromatic N) is 2. The number of aliphatic hydroxyl groups is 1. The lowest BCUT2D eigenvalue weighted by atomic mass is 10.0. The van der Waals surface area contributed by atoms with Crippen molar-refractivity contribution in [3.05, 3.63) is 0 Å². The molecule has 2 amide bonds. The number of likely N-dealkylation sites (tertiary alicyclic amines) is 1. The van der Waals surface area contributed by atoms with E-state index in [4.69, 9.17) is 14.6 Å². The lowest BCUT2D eigenvalue weighted by Gasteiger charge is -2.25. The summed E-state index contributed by atoms with van der Waals surface area (Å²) in [5.74, 6) is 0. The second-order valence-electron chi connectivity index (χ2n) is 6.70. The predicted octanol–water partition coefficient (Wildman–Crippen LogP) is 1.20. The van der Waals surface area contributed by atoms with Crippen LogP contribution in [0.5, 0.6) is 0 Å². The third-order valence-corrected chi connectivity index (χ3v) is 3.60. The molecular formula is C14H24N2O5. The lowest BCUT2D eigenvalue weighted by molar-refractivity contribution is 0.0200. The fourth-order valence-corrected chi connectivity index (χ4v) is 2.67. The molecular weight excluding hydrogens is 276 g/mol. The first-order valence-electron chi connectivity index (χ1n) is 7.31. The van der Waals surface area contributed by atoms with Crippen LogP contribution in [0.15, 0.2) is 0 Å². The molecule has 2 aliphatic heterocycles. The Balaban J connectivity index is 1.93. The van der Waals surface area contributed by atoms with Gasteiger partial charge in [0.15, 0.2) is 5.60 Å². The summed E-state index contributed by atoms with van der Waals surface area (Å²) in [6, 6.07) is 0. The van der Waals surface area contributed by atoms with Crippen LogP contribution in [-0.4, -0.2) is 71.1 Å². The van der Waals surface area contributed by atoms with E-state index in [1.807, 2.05) is 20.8 Å². The van der Waals surface area contributed by atoms with Gasteiger partial charge in [-0.05, 0) is 27.2 Å². The third-order valence-electron chi connectivity index (χ3n) is 3.60. The SMILES string of the molecule is CC(C)(C)OC(=O)N1CCC2(C1)CN(CCCO)C(=O)O2. The van der Waals surface area contributed by atoms with E-state index in [2.05, 4.69) is 0 Å². The number of carbonyl (C=O) groups is 2. The summed E-state index contributed by atoms with van der Waals surface area (Å²) in [4.78, 5) is 27.1. The standard InChI is InChI=1S/C14H24N2O5/c1-13(2,3)20-11(18)16-7-5-14(10-16)9-15(6-4-8-17)12(19)21-14/h17H,4-10H2,1-3H3. The van der Waals surface area contributed by atoms with Crippen LogP contribution in [-0.2, 0) is 9.47 Å². The summed E-state index contributed by atoms with van der Waals surface area (Å²) in [6.45, 7) is 7.34. The zero-order valence-corrected chi connectivity index (χ0v) is 12.9. The van der Waals surface area contributed by atoms with E-state index >= 15 is 0 Å². The van der Waals surface area contributed by atoms with Crippen molar-refractivity contribution in [2.24, 2.45) is 0 Å². The van der Waals surface area contributed by atoms with E-state index in [1.165, 1.54) is 0 Å². The fourth-order valence-electron chi connectivity index (χ4n) is 2.67. The van der Waals surface area contributed by atoms with Gasteiger partial charge in [-0.2, -0.15) is 0 Å². The molecule has 120 valence electrons. The van der Waals surface area contributed by atoms with E-state index in [0.717, 1.165) is 0 Å². The molecule has 1 unspecified atom stereocenters. The molecule has 2 rings (SSSR count). The largest absolute Gasteiger partial charge is 0.444 e. The lowest BCUT2D eigenvalue weighted by Crippen LogP contribution is -2.41. The van der Waals surface area contributed by atoms with Crippen molar-refractivity contribution in [3.63, 3.8) is 0 Å². The summed E-state index contributed by atoms with van der Waals surface area (Å²) in [5.41, 5.74) is -1.16. The van der Waals surface area contributed by atoms with Crippen LogP contribution in [0.4, 0.5) is 9.59 Å². The highest BCUT2D eigenvalue weighted by Gasteiger charge is 2.50. The minimum Gasteiger partial charge on any atom is -0.444 e. The average molecular weight is 300 g/mol. The van der Waals surface area contributed by atoms with Crippen molar-refractivity contribution >= 4 is 12.2 Å². The molecule has 0 aromatic rings. The van der Waals surface area contributed by atoms with Crippen molar-refractivity contribution in [3.8, 4) is 0 Å². The van der Waals surface area contributed by atoms with Gasteiger partial charge in [0.25, 0.3) is 0 Å². The molecule has 0 aliphatic carbocycles. The predicted molar refractivity (Wildman–Crippen MR) is 74.9 cm³/mol. The Labute approximate surface area is 124 Å². The summed E-state index contributed by atoms with van der Waals surface area (Å²) in [5, 5.41) is 8.84. The van der Waals surface area contributed by atoms with E-state index in [-0.39, 0.29) is 18.8 Å². The molecule has 2 fully saturated rings. The number of ether oxygens (including phenoxy) is 2. The number of carbonyl (C=O) groups excluding carboxylic acids is 2. The highest BCUT2D eigenvalue weighted by atomic mass is 16.6.